The monoisotopic (exact) mass is 550 g/mol. The van der Waals surface area contributed by atoms with Gasteiger partial charge in [-0.15, -0.1) is 0 Å². The number of nitrogens with one attached hydrogen (secondary N) is 2. The quantitative estimate of drug-likeness (QED) is 0.350. The molecular weight excluding hydrogens is 531 g/mol. The average Bonchev–Trinajstić information content (AvgIpc) is 3.58. The summed E-state index contributed by atoms with van der Waals surface area (Å²) in [6.07, 6.45) is -1.01. The SMILES string of the molecule is O=c1[nH]cc(-c2cc(N3C[C@H](Oc4cc5c(cn4)cnn5CC(F)(F)F)C(F)(F)C3)nc(C3CC3)n2)c(=O)[nH]1. The molecule has 4 aromatic rings. The summed E-state index contributed by atoms with van der Waals surface area (Å²) >= 11 is 0. The Morgan fingerprint density at radius 1 is 1.13 bits per heavy atom. The molecule has 1 atom stereocenters. The molecule has 1 aliphatic heterocycles. The van der Waals surface area contributed by atoms with Gasteiger partial charge in [0.1, 0.15) is 18.2 Å². The lowest BCUT2D eigenvalue weighted by Crippen LogP contribution is -2.36. The van der Waals surface area contributed by atoms with Crippen LogP contribution in [0.2, 0.25) is 0 Å². The number of rotatable bonds is 6. The molecule has 1 saturated heterocycles. The molecule has 6 rings (SSSR count). The Morgan fingerprint density at radius 2 is 1.92 bits per heavy atom. The maximum atomic E-state index is 15.1. The average molecular weight is 550 g/mol. The molecule has 2 aliphatic rings. The van der Waals surface area contributed by atoms with E-state index in [4.69, 9.17) is 4.74 Å². The highest BCUT2D eigenvalue weighted by Gasteiger charge is 2.51. The summed E-state index contributed by atoms with van der Waals surface area (Å²) in [5, 5.41) is 3.99. The number of pyridine rings is 1. The summed E-state index contributed by atoms with van der Waals surface area (Å²) in [7, 11) is 0. The first-order valence-electron chi connectivity index (χ1n) is 11.8. The smallest absolute Gasteiger partial charge is 0.408 e. The fourth-order valence-corrected chi connectivity index (χ4v) is 4.39. The Morgan fingerprint density at radius 3 is 2.64 bits per heavy atom. The Kier molecular flexibility index (Phi) is 5.65. The summed E-state index contributed by atoms with van der Waals surface area (Å²) in [6, 6.07) is 2.52. The third kappa shape index (κ3) is 5.05. The minimum atomic E-state index is -4.53. The van der Waals surface area contributed by atoms with Crippen LogP contribution in [0.1, 0.15) is 24.6 Å². The van der Waals surface area contributed by atoms with Crippen LogP contribution in [0.3, 0.4) is 0 Å². The van der Waals surface area contributed by atoms with E-state index in [-0.39, 0.29) is 40.9 Å². The fourth-order valence-electron chi connectivity index (χ4n) is 4.39. The molecule has 2 fully saturated rings. The van der Waals surface area contributed by atoms with Crippen LogP contribution in [-0.4, -0.2) is 66.0 Å². The van der Waals surface area contributed by atoms with Crippen molar-refractivity contribution in [2.45, 2.75) is 43.5 Å². The third-order valence-electron chi connectivity index (χ3n) is 6.44. The maximum Gasteiger partial charge on any atom is 0.408 e. The highest BCUT2D eigenvalue weighted by Crippen LogP contribution is 2.40. The topological polar surface area (TPSA) is 135 Å². The number of H-pyrrole nitrogens is 2. The number of nitrogens with zero attached hydrogens (tertiary/aromatic N) is 6. The lowest BCUT2D eigenvalue weighted by Gasteiger charge is -2.18. The second kappa shape index (κ2) is 8.84. The molecule has 0 bridgehead atoms. The molecule has 4 aromatic heterocycles. The number of hydrogen-bond donors (Lipinski definition) is 2. The standard InChI is InChI=1S/C23H19F5N8O3/c24-22(25)9-35(8-16(22)39-18-4-15-12(5-29-18)6-31-36(15)10-23(26,27)28)17-3-14(32-19(33-17)11-1-2-11)13-7-30-21(38)34-20(13)37/h3-7,11,16H,1-2,8-10H2,(H2,30,34,37,38)/t16-/m0/s1. The van der Waals surface area contributed by atoms with Gasteiger partial charge in [0, 0.05) is 35.8 Å². The molecule has 1 aliphatic carbocycles. The van der Waals surface area contributed by atoms with E-state index in [2.05, 4.69) is 30.0 Å². The Balaban J connectivity index is 1.29. The van der Waals surface area contributed by atoms with Crippen molar-refractivity contribution in [3.63, 3.8) is 0 Å². The number of fused-ring (bicyclic) bond motifs is 1. The van der Waals surface area contributed by atoms with Crippen LogP contribution in [0.5, 0.6) is 5.88 Å². The number of hydrogen-bond acceptors (Lipinski definition) is 8. The first-order chi connectivity index (χ1) is 18.4. The molecule has 0 aromatic carbocycles. The summed E-state index contributed by atoms with van der Waals surface area (Å²) in [5.74, 6) is -3.09. The second-order valence-corrected chi connectivity index (χ2v) is 9.48. The molecule has 5 heterocycles. The van der Waals surface area contributed by atoms with Gasteiger partial charge in [0.25, 0.3) is 5.56 Å². The molecule has 16 heteroatoms. The van der Waals surface area contributed by atoms with Crippen LogP contribution in [0.25, 0.3) is 22.2 Å². The van der Waals surface area contributed by atoms with Crippen molar-refractivity contribution in [3.8, 4) is 17.1 Å². The van der Waals surface area contributed by atoms with Crippen molar-refractivity contribution in [2.24, 2.45) is 0 Å². The first kappa shape index (κ1) is 24.9. The zero-order valence-corrected chi connectivity index (χ0v) is 19.9. The van der Waals surface area contributed by atoms with Gasteiger partial charge in [-0.05, 0) is 12.8 Å². The molecule has 0 amide bonds. The molecule has 204 valence electrons. The lowest BCUT2D eigenvalue weighted by atomic mass is 10.2. The minimum Gasteiger partial charge on any atom is -0.466 e. The number of anilines is 1. The number of alkyl halides is 5. The number of aromatic amines is 2. The van der Waals surface area contributed by atoms with Gasteiger partial charge < -0.3 is 14.6 Å². The Bertz CT molecular complexity index is 1680. The van der Waals surface area contributed by atoms with Crippen LogP contribution in [-0.2, 0) is 6.54 Å². The van der Waals surface area contributed by atoms with Gasteiger partial charge in [0.15, 0.2) is 6.10 Å². The van der Waals surface area contributed by atoms with E-state index in [1.54, 1.807) is 0 Å². The van der Waals surface area contributed by atoms with Crippen LogP contribution < -0.4 is 20.9 Å². The van der Waals surface area contributed by atoms with Crippen LogP contribution in [0.4, 0.5) is 27.8 Å². The van der Waals surface area contributed by atoms with E-state index in [9.17, 15) is 22.8 Å². The van der Waals surface area contributed by atoms with Crippen molar-refractivity contribution in [1.82, 2.24) is 34.7 Å². The molecule has 0 radical (unpaired) electrons. The molecular formula is C23H19F5N8O3. The van der Waals surface area contributed by atoms with Gasteiger partial charge in [0.2, 0.25) is 5.88 Å². The van der Waals surface area contributed by atoms with Gasteiger partial charge in [-0.1, -0.05) is 0 Å². The molecule has 0 unspecified atom stereocenters. The zero-order chi connectivity index (χ0) is 27.5. The van der Waals surface area contributed by atoms with E-state index in [1.165, 1.54) is 29.6 Å². The van der Waals surface area contributed by atoms with Crippen LogP contribution in [0.15, 0.2) is 40.3 Å². The minimum absolute atomic E-state index is 0.0261. The van der Waals surface area contributed by atoms with Gasteiger partial charge in [-0.2, -0.15) is 18.3 Å². The number of aromatic nitrogens is 7. The van der Waals surface area contributed by atoms with Crippen molar-refractivity contribution in [2.75, 3.05) is 18.0 Å². The van der Waals surface area contributed by atoms with Crippen molar-refractivity contribution in [1.29, 1.82) is 0 Å². The largest absolute Gasteiger partial charge is 0.466 e. The zero-order valence-electron chi connectivity index (χ0n) is 19.9. The van der Waals surface area contributed by atoms with Crippen LogP contribution >= 0.6 is 0 Å². The first-order valence-corrected chi connectivity index (χ1v) is 11.8. The summed E-state index contributed by atoms with van der Waals surface area (Å²) in [6.45, 7) is -2.45. The molecule has 11 nitrogen and oxygen atoms in total. The van der Waals surface area contributed by atoms with Crippen LogP contribution in [0, 0.1) is 0 Å². The van der Waals surface area contributed by atoms with Gasteiger partial charge in [-0.3, -0.25) is 14.5 Å². The van der Waals surface area contributed by atoms with Crippen molar-refractivity contribution in [3.05, 3.63) is 57.4 Å². The van der Waals surface area contributed by atoms with E-state index >= 15 is 8.78 Å². The lowest BCUT2D eigenvalue weighted by molar-refractivity contribution is -0.141. The fraction of sp³-hybridized carbons (Fsp3) is 0.391. The van der Waals surface area contributed by atoms with Gasteiger partial charge in [-0.25, -0.2) is 28.5 Å². The predicted octanol–water partition coefficient (Wildman–Crippen LogP) is 2.61. The van der Waals surface area contributed by atoms with E-state index in [0.29, 0.717) is 15.9 Å². The summed E-state index contributed by atoms with van der Waals surface area (Å²) < 4.78 is 75.0. The molecule has 0 spiro atoms. The molecule has 1 saturated carbocycles. The predicted molar refractivity (Wildman–Crippen MR) is 126 cm³/mol. The Hall–Kier alpha value is -4.37. The van der Waals surface area contributed by atoms with Crippen molar-refractivity contribution >= 4 is 16.7 Å². The van der Waals surface area contributed by atoms with Crippen molar-refractivity contribution < 1.29 is 26.7 Å². The summed E-state index contributed by atoms with van der Waals surface area (Å²) in [5.41, 5.74) is -1.14. The highest BCUT2D eigenvalue weighted by molar-refractivity contribution is 5.78. The molecule has 39 heavy (non-hydrogen) atoms. The number of halogens is 5. The third-order valence-corrected chi connectivity index (χ3v) is 6.44. The number of ether oxygens (including phenoxy) is 1. The van der Waals surface area contributed by atoms with Gasteiger partial charge in [0.05, 0.1) is 36.1 Å². The van der Waals surface area contributed by atoms with E-state index in [1.807, 2.05) is 0 Å². The highest BCUT2D eigenvalue weighted by atomic mass is 19.4. The Labute approximate surface area is 214 Å². The molecule has 2 N–H and O–H groups in total. The van der Waals surface area contributed by atoms with Gasteiger partial charge >= 0.3 is 17.8 Å². The second-order valence-electron chi connectivity index (χ2n) is 9.48. The maximum absolute atomic E-state index is 15.1. The van der Waals surface area contributed by atoms with E-state index < -0.39 is 42.5 Å². The van der Waals surface area contributed by atoms with E-state index in [0.717, 1.165) is 18.9 Å². The summed E-state index contributed by atoms with van der Waals surface area (Å²) in [4.78, 5) is 42.3. The normalized spacial score (nSPS) is 19.1.